The van der Waals surface area contributed by atoms with E-state index in [1.165, 1.54) is 5.56 Å². The summed E-state index contributed by atoms with van der Waals surface area (Å²) in [6, 6.07) is 8.89. The Bertz CT molecular complexity index is 294. The molecule has 1 N–H and O–H groups in total. The summed E-state index contributed by atoms with van der Waals surface area (Å²) in [6.45, 7) is 6.06. The first-order valence-corrected chi connectivity index (χ1v) is 7.66. The molecule has 0 saturated carbocycles. The van der Waals surface area contributed by atoms with E-state index in [0.29, 0.717) is 6.04 Å². The average Bonchev–Trinajstić information content (AvgIpc) is 2.37. The molecule has 1 unspecified atom stereocenters. The highest BCUT2D eigenvalue weighted by Crippen LogP contribution is 2.20. The van der Waals surface area contributed by atoms with Crippen molar-refractivity contribution in [2.75, 3.05) is 25.2 Å². The molecule has 96 valence electrons. The molecule has 0 aliphatic carbocycles. The van der Waals surface area contributed by atoms with Crippen LogP contribution in [0.4, 0.5) is 0 Å². The molecular formula is C14H23NOS. The van der Waals surface area contributed by atoms with Crippen molar-refractivity contribution in [3.63, 3.8) is 0 Å². The second-order valence-electron chi connectivity index (χ2n) is 3.98. The zero-order valence-electron chi connectivity index (χ0n) is 11.0. The highest BCUT2D eigenvalue weighted by molar-refractivity contribution is 7.98. The van der Waals surface area contributed by atoms with Crippen molar-refractivity contribution in [3.05, 3.63) is 29.8 Å². The molecule has 0 amide bonds. The number of ether oxygens (including phenoxy) is 1. The van der Waals surface area contributed by atoms with E-state index < -0.39 is 0 Å². The molecule has 0 fully saturated rings. The van der Waals surface area contributed by atoms with Gasteiger partial charge in [0.2, 0.25) is 0 Å². The van der Waals surface area contributed by atoms with Crippen molar-refractivity contribution in [2.45, 2.75) is 26.3 Å². The van der Waals surface area contributed by atoms with E-state index >= 15 is 0 Å². The lowest BCUT2D eigenvalue weighted by Crippen LogP contribution is -2.22. The van der Waals surface area contributed by atoms with Crippen LogP contribution in [0, 0.1) is 0 Å². The molecule has 0 bridgehead atoms. The fourth-order valence-electron chi connectivity index (χ4n) is 1.70. The van der Waals surface area contributed by atoms with Gasteiger partial charge in [0.15, 0.2) is 0 Å². The summed E-state index contributed by atoms with van der Waals surface area (Å²) in [5.74, 6) is 2.07. The lowest BCUT2D eigenvalue weighted by molar-refractivity contribution is 0.317. The Morgan fingerprint density at radius 1 is 1.24 bits per heavy atom. The minimum Gasteiger partial charge on any atom is -0.494 e. The van der Waals surface area contributed by atoms with Gasteiger partial charge >= 0.3 is 0 Å². The van der Waals surface area contributed by atoms with Gasteiger partial charge in [-0.3, -0.25) is 0 Å². The fourth-order valence-corrected chi connectivity index (χ4v) is 2.35. The van der Waals surface area contributed by atoms with Gasteiger partial charge in [0, 0.05) is 11.8 Å². The summed E-state index contributed by atoms with van der Waals surface area (Å²) in [5, 5.41) is 3.50. The van der Waals surface area contributed by atoms with Gasteiger partial charge in [-0.2, -0.15) is 11.8 Å². The summed E-state index contributed by atoms with van der Waals surface area (Å²) in [5.41, 5.74) is 1.34. The van der Waals surface area contributed by atoms with Crippen LogP contribution in [0.2, 0.25) is 0 Å². The molecule has 0 aliphatic heterocycles. The van der Waals surface area contributed by atoms with Crippen LogP contribution >= 0.6 is 11.8 Å². The van der Waals surface area contributed by atoms with Gasteiger partial charge in [0.1, 0.15) is 5.75 Å². The highest BCUT2D eigenvalue weighted by Gasteiger charge is 2.09. The van der Waals surface area contributed by atoms with Crippen LogP contribution in [0.25, 0.3) is 0 Å². The van der Waals surface area contributed by atoms with Crippen molar-refractivity contribution in [1.82, 2.24) is 5.32 Å². The number of benzene rings is 1. The zero-order chi connectivity index (χ0) is 12.5. The van der Waals surface area contributed by atoms with Crippen LogP contribution in [0.15, 0.2) is 24.3 Å². The van der Waals surface area contributed by atoms with Crippen LogP contribution in [-0.2, 0) is 0 Å². The van der Waals surface area contributed by atoms with Crippen molar-refractivity contribution in [1.29, 1.82) is 0 Å². The van der Waals surface area contributed by atoms with E-state index in [2.05, 4.69) is 49.7 Å². The first kappa shape index (κ1) is 14.4. The molecular weight excluding hydrogens is 230 g/mol. The van der Waals surface area contributed by atoms with Crippen molar-refractivity contribution < 1.29 is 4.74 Å². The zero-order valence-corrected chi connectivity index (χ0v) is 11.8. The maximum absolute atomic E-state index is 5.58. The van der Waals surface area contributed by atoms with E-state index in [9.17, 15) is 0 Å². The molecule has 0 saturated heterocycles. The van der Waals surface area contributed by atoms with Crippen LogP contribution < -0.4 is 10.1 Å². The van der Waals surface area contributed by atoms with Crippen LogP contribution in [0.5, 0.6) is 5.75 Å². The Morgan fingerprint density at radius 2 is 1.94 bits per heavy atom. The normalized spacial score (nSPS) is 12.4. The standard InChI is InChI=1S/C14H23NOS/c1-4-10-16-13-8-6-12(7-9-13)14(11-17-3)15-5-2/h6-9,14-15H,4-5,10-11H2,1-3H3. The molecule has 1 aromatic rings. The molecule has 1 rings (SSSR count). The third kappa shape index (κ3) is 5.00. The van der Waals surface area contributed by atoms with Crippen molar-refractivity contribution >= 4 is 11.8 Å². The highest BCUT2D eigenvalue weighted by atomic mass is 32.2. The van der Waals surface area contributed by atoms with Gasteiger partial charge in [-0.05, 0) is 36.9 Å². The Balaban J connectivity index is 2.63. The molecule has 1 aromatic carbocycles. The van der Waals surface area contributed by atoms with Gasteiger partial charge in [-0.15, -0.1) is 0 Å². The number of hydrogen-bond acceptors (Lipinski definition) is 3. The van der Waals surface area contributed by atoms with Crippen molar-refractivity contribution in [3.8, 4) is 5.75 Å². The quantitative estimate of drug-likeness (QED) is 0.766. The molecule has 3 heteroatoms. The van der Waals surface area contributed by atoms with E-state index in [1.807, 2.05) is 11.8 Å². The Kier molecular flexibility index (Phi) is 7.13. The lowest BCUT2D eigenvalue weighted by atomic mass is 10.1. The first-order valence-electron chi connectivity index (χ1n) is 6.26. The van der Waals surface area contributed by atoms with Gasteiger partial charge in [-0.1, -0.05) is 26.0 Å². The van der Waals surface area contributed by atoms with E-state index in [-0.39, 0.29) is 0 Å². The largest absolute Gasteiger partial charge is 0.494 e. The summed E-state index contributed by atoms with van der Waals surface area (Å²) >= 11 is 1.87. The second kappa shape index (κ2) is 8.43. The molecule has 2 nitrogen and oxygen atoms in total. The summed E-state index contributed by atoms with van der Waals surface area (Å²) < 4.78 is 5.58. The van der Waals surface area contributed by atoms with Crippen LogP contribution in [-0.4, -0.2) is 25.2 Å². The van der Waals surface area contributed by atoms with Gasteiger partial charge in [-0.25, -0.2) is 0 Å². The molecule has 0 aromatic heterocycles. The number of thioether (sulfide) groups is 1. The predicted octanol–water partition coefficient (Wildman–Crippen LogP) is 3.49. The number of nitrogens with one attached hydrogen (secondary N) is 1. The maximum Gasteiger partial charge on any atom is 0.119 e. The SMILES string of the molecule is CCCOc1ccc(C(CSC)NCC)cc1. The van der Waals surface area contributed by atoms with Gasteiger partial charge in [0.25, 0.3) is 0 Å². The average molecular weight is 253 g/mol. The number of rotatable bonds is 8. The molecule has 0 radical (unpaired) electrons. The van der Waals surface area contributed by atoms with Gasteiger partial charge < -0.3 is 10.1 Å². The first-order chi connectivity index (χ1) is 8.31. The molecule has 1 atom stereocenters. The van der Waals surface area contributed by atoms with Crippen LogP contribution in [0.1, 0.15) is 31.9 Å². The summed E-state index contributed by atoms with van der Waals surface area (Å²) in [6.07, 6.45) is 3.19. The smallest absolute Gasteiger partial charge is 0.119 e. The van der Waals surface area contributed by atoms with Crippen molar-refractivity contribution in [2.24, 2.45) is 0 Å². The minimum absolute atomic E-state index is 0.440. The Hall–Kier alpha value is -0.670. The molecule has 0 aliphatic rings. The van der Waals surface area contributed by atoms with E-state index in [0.717, 1.165) is 31.1 Å². The molecule has 17 heavy (non-hydrogen) atoms. The molecule has 0 heterocycles. The van der Waals surface area contributed by atoms with E-state index in [4.69, 9.17) is 4.74 Å². The third-order valence-corrected chi connectivity index (χ3v) is 3.21. The van der Waals surface area contributed by atoms with Gasteiger partial charge in [0.05, 0.1) is 6.61 Å². The monoisotopic (exact) mass is 253 g/mol. The summed E-state index contributed by atoms with van der Waals surface area (Å²) in [7, 11) is 0. The third-order valence-electron chi connectivity index (χ3n) is 2.54. The van der Waals surface area contributed by atoms with E-state index in [1.54, 1.807) is 0 Å². The summed E-state index contributed by atoms with van der Waals surface area (Å²) in [4.78, 5) is 0. The topological polar surface area (TPSA) is 21.3 Å². The second-order valence-corrected chi connectivity index (χ2v) is 4.89. The molecule has 0 spiro atoms. The minimum atomic E-state index is 0.440. The predicted molar refractivity (Wildman–Crippen MR) is 77.0 cm³/mol. The fraction of sp³-hybridized carbons (Fsp3) is 0.571. The lowest BCUT2D eigenvalue weighted by Gasteiger charge is -2.17. The number of hydrogen-bond donors (Lipinski definition) is 1. The Labute approximate surface area is 109 Å². The maximum atomic E-state index is 5.58. The van der Waals surface area contributed by atoms with Crippen LogP contribution in [0.3, 0.4) is 0 Å². The Morgan fingerprint density at radius 3 is 2.47 bits per heavy atom.